The Morgan fingerprint density at radius 3 is 2.40 bits per heavy atom. The van der Waals surface area contributed by atoms with E-state index in [1.807, 2.05) is 30.3 Å². The van der Waals surface area contributed by atoms with Gasteiger partial charge >= 0.3 is 6.09 Å². The summed E-state index contributed by atoms with van der Waals surface area (Å²) in [6.07, 6.45) is 8.66. The van der Waals surface area contributed by atoms with Crippen molar-refractivity contribution in [2.75, 3.05) is 6.54 Å². The van der Waals surface area contributed by atoms with E-state index >= 15 is 0 Å². The van der Waals surface area contributed by atoms with Gasteiger partial charge in [-0.1, -0.05) is 56.5 Å². The van der Waals surface area contributed by atoms with Gasteiger partial charge < -0.3 is 15.4 Å². The van der Waals surface area contributed by atoms with Crippen LogP contribution in [-0.2, 0) is 11.3 Å². The molecule has 0 aromatic heterocycles. The lowest BCUT2D eigenvalue weighted by atomic mass is 9.80. The molecule has 138 valence electrons. The molecule has 0 unspecified atom stereocenters. The smallest absolute Gasteiger partial charge is 0.407 e. The van der Waals surface area contributed by atoms with Crippen LogP contribution in [0.3, 0.4) is 0 Å². The van der Waals surface area contributed by atoms with Crippen LogP contribution in [0.1, 0.15) is 57.4 Å². The summed E-state index contributed by atoms with van der Waals surface area (Å²) in [5.41, 5.74) is 1.02. The SMILES string of the molecule is CCC1CCC(CNC2CC(NC(=O)OCc3ccccc3)C2)CC1. The van der Waals surface area contributed by atoms with E-state index in [2.05, 4.69) is 17.6 Å². The molecule has 0 spiro atoms. The Kier molecular flexibility index (Phi) is 6.74. The molecule has 3 rings (SSSR count). The van der Waals surface area contributed by atoms with Crippen molar-refractivity contribution >= 4 is 6.09 Å². The molecule has 2 N–H and O–H groups in total. The maximum atomic E-state index is 11.8. The zero-order chi connectivity index (χ0) is 17.5. The second-order valence-corrected chi connectivity index (χ2v) is 7.77. The minimum absolute atomic E-state index is 0.261. The Labute approximate surface area is 151 Å². The zero-order valence-corrected chi connectivity index (χ0v) is 15.4. The van der Waals surface area contributed by atoms with Crippen LogP contribution in [-0.4, -0.2) is 24.7 Å². The predicted octanol–water partition coefficient (Wildman–Crippen LogP) is 4.25. The average molecular weight is 344 g/mol. The summed E-state index contributed by atoms with van der Waals surface area (Å²) in [7, 11) is 0. The van der Waals surface area contributed by atoms with Crippen molar-refractivity contribution in [3.05, 3.63) is 35.9 Å². The van der Waals surface area contributed by atoms with Crippen LogP contribution in [0.4, 0.5) is 4.79 Å². The lowest BCUT2D eigenvalue weighted by Crippen LogP contribution is -2.53. The highest BCUT2D eigenvalue weighted by Gasteiger charge is 2.31. The van der Waals surface area contributed by atoms with E-state index in [1.54, 1.807) is 0 Å². The van der Waals surface area contributed by atoms with E-state index in [9.17, 15) is 4.79 Å². The number of hydrogen-bond donors (Lipinski definition) is 2. The van der Waals surface area contributed by atoms with Gasteiger partial charge in [-0.25, -0.2) is 4.79 Å². The molecule has 4 heteroatoms. The molecule has 1 aromatic rings. The number of carbonyl (C=O) groups is 1. The van der Waals surface area contributed by atoms with Crippen molar-refractivity contribution in [2.24, 2.45) is 11.8 Å². The molecule has 2 fully saturated rings. The highest BCUT2D eigenvalue weighted by Crippen LogP contribution is 2.30. The van der Waals surface area contributed by atoms with Gasteiger partial charge in [-0.3, -0.25) is 0 Å². The molecule has 0 saturated heterocycles. The summed E-state index contributed by atoms with van der Waals surface area (Å²) in [5.74, 6) is 1.82. The van der Waals surface area contributed by atoms with Crippen LogP contribution in [0.15, 0.2) is 30.3 Å². The minimum Gasteiger partial charge on any atom is -0.445 e. The third kappa shape index (κ3) is 5.74. The largest absolute Gasteiger partial charge is 0.445 e. The van der Waals surface area contributed by atoms with E-state index in [0.29, 0.717) is 12.6 Å². The topological polar surface area (TPSA) is 50.4 Å². The lowest BCUT2D eigenvalue weighted by Gasteiger charge is -2.37. The Balaban J connectivity index is 1.24. The number of rotatable bonds is 7. The van der Waals surface area contributed by atoms with Crippen LogP contribution in [0.5, 0.6) is 0 Å². The number of amides is 1. The van der Waals surface area contributed by atoms with Gasteiger partial charge in [0.2, 0.25) is 0 Å². The Morgan fingerprint density at radius 2 is 1.72 bits per heavy atom. The van der Waals surface area contributed by atoms with E-state index in [0.717, 1.165) is 36.8 Å². The first-order valence-corrected chi connectivity index (χ1v) is 9.93. The number of nitrogens with one attached hydrogen (secondary N) is 2. The first-order chi connectivity index (χ1) is 12.2. The molecule has 0 heterocycles. The van der Waals surface area contributed by atoms with Gasteiger partial charge in [0.15, 0.2) is 0 Å². The molecule has 4 nitrogen and oxygen atoms in total. The quantitative estimate of drug-likeness (QED) is 0.777. The molecular formula is C21H32N2O2. The predicted molar refractivity (Wildman–Crippen MR) is 100 cm³/mol. The van der Waals surface area contributed by atoms with Gasteiger partial charge in [-0.15, -0.1) is 0 Å². The number of ether oxygens (including phenoxy) is 1. The summed E-state index contributed by atoms with van der Waals surface area (Å²) in [6, 6.07) is 10.6. The molecule has 0 atom stereocenters. The van der Waals surface area contributed by atoms with Gasteiger partial charge in [0.25, 0.3) is 0 Å². The number of alkyl carbamates (subject to hydrolysis) is 1. The normalized spacial score (nSPS) is 28.8. The second kappa shape index (κ2) is 9.23. The van der Waals surface area contributed by atoms with Gasteiger partial charge in [0.1, 0.15) is 6.61 Å². The minimum atomic E-state index is -0.301. The standard InChI is InChI=1S/C21H32N2O2/c1-2-16-8-10-17(11-9-16)14-22-19-12-20(13-19)23-21(24)25-15-18-6-4-3-5-7-18/h3-7,16-17,19-20,22H,2,8-15H2,1H3,(H,23,24). The van der Waals surface area contributed by atoms with Crippen LogP contribution >= 0.6 is 0 Å². The fourth-order valence-electron chi connectivity index (χ4n) is 4.01. The van der Waals surface area contributed by atoms with Crippen molar-refractivity contribution < 1.29 is 9.53 Å². The molecular weight excluding hydrogens is 312 g/mol. The summed E-state index contributed by atoms with van der Waals surface area (Å²) >= 11 is 0. The molecule has 0 radical (unpaired) electrons. The molecule has 2 aliphatic rings. The van der Waals surface area contributed by atoms with Crippen molar-refractivity contribution in [1.82, 2.24) is 10.6 Å². The molecule has 1 aromatic carbocycles. The van der Waals surface area contributed by atoms with Gasteiger partial charge in [-0.05, 0) is 49.6 Å². The zero-order valence-electron chi connectivity index (χ0n) is 15.4. The number of benzene rings is 1. The third-order valence-electron chi connectivity index (χ3n) is 5.91. The third-order valence-corrected chi connectivity index (χ3v) is 5.91. The fraction of sp³-hybridized carbons (Fsp3) is 0.667. The van der Waals surface area contributed by atoms with Crippen molar-refractivity contribution in [3.8, 4) is 0 Å². The summed E-state index contributed by atoms with van der Waals surface area (Å²) in [5, 5.41) is 6.66. The second-order valence-electron chi connectivity index (χ2n) is 7.77. The van der Waals surface area contributed by atoms with E-state index < -0.39 is 0 Å². The first kappa shape index (κ1) is 18.2. The molecule has 1 amide bonds. The van der Waals surface area contributed by atoms with Gasteiger partial charge in [-0.2, -0.15) is 0 Å². The van der Waals surface area contributed by atoms with E-state index in [-0.39, 0.29) is 12.1 Å². The molecule has 2 aliphatic carbocycles. The fourth-order valence-corrected chi connectivity index (χ4v) is 4.01. The Bertz CT molecular complexity index is 520. The highest BCUT2D eigenvalue weighted by atomic mass is 16.5. The number of hydrogen-bond acceptors (Lipinski definition) is 3. The molecule has 0 aliphatic heterocycles. The van der Waals surface area contributed by atoms with Crippen LogP contribution < -0.4 is 10.6 Å². The van der Waals surface area contributed by atoms with Crippen LogP contribution in [0, 0.1) is 11.8 Å². The molecule has 2 saturated carbocycles. The average Bonchev–Trinajstić information content (AvgIpc) is 2.63. The Morgan fingerprint density at radius 1 is 1.04 bits per heavy atom. The van der Waals surface area contributed by atoms with Crippen molar-refractivity contribution in [3.63, 3.8) is 0 Å². The summed E-state index contributed by atoms with van der Waals surface area (Å²) in [6.45, 7) is 3.80. The lowest BCUT2D eigenvalue weighted by molar-refractivity contribution is 0.124. The maximum Gasteiger partial charge on any atom is 0.407 e. The first-order valence-electron chi connectivity index (χ1n) is 9.93. The monoisotopic (exact) mass is 344 g/mol. The van der Waals surface area contributed by atoms with Crippen molar-refractivity contribution in [1.29, 1.82) is 0 Å². The maximum absolute atomic E-state index is 11.8. The van der Waals surface area contributed by atoms with Gasteiger partial charge in [0.05, 0.1) is 0 Å². The highest BCUT2D eigenvalue weighted by molar-refractivity contribution is 5.67. The van der Waals surface area contributed by atoms with Gasteiger partial charge in [0, 0.05) is 12.1 Å². The van der Waals surface area contributed by atoms with Crippen molar-refractivity contribution in [2.45, 2.75) is 70.6 Å². The molecule has 25 heavy (non-hydrogen) atoms. The summed E-state index contributed by atoms with van der Waals surface area (Å²) < 4.78 is 5.28. The Hall–Kier alpha value is -1.55. The van der Waals surface area contributed by atoms with Crippen LogP contribution in [0.2, 0.25) is 0 Å². The summed E-state index contributed by atoms with van der Waals surface area (Å²) in [4.78, 5) is 11.8. The van der Waals surface area contributed by atoms with E-state index in [4.69, 9.17) is 4.74 Å². The van der Waals surface area contributed by atoms with E-state index in [1.165, 1.54) is 32.1 Å². The molecule has 0 bridgehead atoms. The van der Waals surface area contributed by atoms with Crippen LogP contribution in [0.25, 0.3) is 0 Å². The number of carbonyl (C=O) groups excluding carboxylic acids is 1.